The van der Waals surface area contributed by atoms with Crippen molar-refractivity contribution < 1.29 is 9.59 Å². The molecule has 0 spiro atoms. The standard InChI is InChI=1S/C6H9N3O2/c1-8-6(11)4-9-5(10)2-3-7/h2,4H2,1H3,(H,8,11)(H,9,10). The fourth-order valence-electron chi connectivity index (χ4n) is 0.402. The second-order valence-electron chi connectivity index (χ2n) is 1.78. The molecule has 0 bridgehead atoms. The Hall–Kier alpha value is -1.57. The lowest BCUT2D eigenvalue weighted by Gasteiger charge is -1.99. The predicted octanol–water partition coefficient (Wildman–Crippen LogP) is -1.24. The van der Waals surface area contributed by atoms with Gasteiger partial charge in [-0.2, -0.15) is 5.26 Å². The highest BCUT2D eigenvalue weighted by Crippen LogP contribution is 1.73. The zero-order valence-electron chi connectivity index (χ0n) is 6.18. The van der Waals surface area contributed by atoms with Crippen LogP contribution < -0.4 is 10.6 Å². The van der Waals surface area contributed by atoms with Gasteiger partial charge >= 0.3 is 0 Å². The molecular weight excluding hydrogens is 146 g/mol. The smallest absolute Gasteiger partial charge is 0.239 e. The Bertz CT molecular complexity index is 194. The van der Waals surface area contributed by atoms with Crippen LogP contribution in [0.3, 0.4) is 0 Å². The first kappa shape index (κ1) is 9.43. The highest BCUT2D eigenvalue weighted by molar-refractivity contribution is 5.85. The third-order valence-electron chi connectivity index (χ3n) is 0.965. The Morgan fingerprint density at radius 3 is 2.55 bits per heavy atom. The molecule has 5 heteroatoms. The van der Waals surface area contributed by atoms with Gasteiger partial charge in [0.15, 0.2) is 0 Å². The molecule has 0 saturated carbocycles. The van der Waals surface area contributed by atoms with Gasteiger partial charge in [-0.3, -0.25) is 9.59 Å². The van der Waals surface area contributed by atoms with Crippen molar-refractivity contribution in [1.82, 2.24) is 10.6 Å². The molecule has 0 aliphatic rings. The highest BCUT2D eigenvalue weighted by atomic mass is 16.2. The monoisotopic (exact) mass is 155 g/mol. The lowest BCUT2D eigenvalue weighted by atomic mass is 10.4. The van der Waals surface area contributed by atoms with Gasteiger partial charge in [-0.1, -0.05) is 0 Å². The van der Waals surface area contributed by atoms with Gasteiger partial charge in [0, 0.05) is 7.05 Å². The Labute approximate surface area is 64.4 Å². The minimum absolute atomic E-state index is 0.0724. The van der Waals surface area contributed by atoms with E-state index in [1.807, 2.05) is 0 Å². The van der Waals surface area contributed by atoms with Crippen molar-refractivity contribution in [3.63, 3.8) is 0 Å². The molecule has 2 amide bonds. The van der Waals surface area contributed by atoms with Crippen LogP contribution in [0, 0.1) is 11.3 Å². The number of nitrogens with one attached hydrogen (secondary N) is 2. The summed E-state index contributed by atoms with van der Waals surface area (Å²) in [4.78, 5) is 21.1. The van der Waals surface area contributed by atoms with E-state index in [2.05, 4.69) is 10.6 Å². The van der Waals surface area contributed by atoms with Crippen LogP contribution in [0.1, 0.15) is 6.42 Å². The van der Waals surface area contributed by atoms with Crippen molar-refractivity contribution in [2.75, 3.05) is 13.6 Å². The van der Waals surface area contributed by atoms with Crippen LogP contribution in [0.2, 0.25) is 0 Å². The number of likely N-dealkylation sites (N-methyl/N-ethyl adjacent to an activating group) is 1. The second-order valence-corrected chi connectivity index (χ2v) is 1.78. The van der Waals surface area contributed by atoms with Gasteiger partial charge in [0.2, 0.25) is 11.8 Å². The molecule has 5 nitrogen and oxygen atoms in total. The molecule has 0 aromatic rings. The lowest BCUT2D eigenvalue weighted by Crippen LogP contribution is -2.34. The lowest BCUT2D eigenvalue weighted by molar-refractivity contribution is -0.125. The van der Waals surface area contributed by atoms with Gasteiger partial charge in [0.25, 0.3) is 0 Å². The van der Waals surface area contributed by atoms with Gasteiger partial charge in [-0.25, -0.2) is 0 Å². The van der Waals surface area contributed by atoms with Crippen LogP contribution in [0.15, 0.2) is 0 Å². The van der Waals surface area contributed by atoms with Crippen LogP contribution in [0.5, 0.6) is 0 Å². The summed E-state index contributed by atoms with van der Waals surface area (Å²) in [5, 5.41) is 12.6. The van der Waals surface area contributed by atoms with Gasteiger partial charge in [-0.15, -0.1) is 0 Å². The van der Waals surface area contributed by atoms with Crippen LogP contribution >= 0.6 is 0 Å². The molecule has 0 saturated heterocycles. The second kappa shape index (κ2) is 5.23. The zero-order valence-corrected chi connectivity index (χ0v) is 6.18. The van der Waals surface area contributed by atoms with Crippen LogP contribution in [-0.2, 0) is 9.59 Å². The molecule has 0 aromatic carbocycles. The molecule has 0 atom stereocenters. The summed E-state index contributed by atoms with van der Waals surface area (Å²) in [5.41, 5.74) is 0. The Balaban J connectivity index is 3.47. The molecule has 0 unspecified atom stereocenters. The van der Waals surface area contributed by atoms with E-state index in [9.17, 15) is 9.59 Å². The maximum atomic E-state index is 10.5. The molecule has 0 rings (SSSR count). The van der Waals surface area contributed by atoms with E-state index in [0.29, 0.717) is 0 Å². The van der Waals surface area contributed by atoms with E-state index in [1.165, 1.54) is 7.05 Å². The Morgan fingerprint density at radius 1 is 1.45 bits per heavy atom. The predicted molar refractivity (Wildman–Crippen MR) is 37.3 cm³/mol. The summed E-state index contributed by atoms with van der Waals surface area (Å²) in [6.07, 6.45) is -0.211. The van der Waals surface area contributed by atoms with E-state index in [-0.39, 0.29) is 18.9 Å². The number of rotatable bonds is 3. The van der Waals surface area contributed by atoms with Gasteiger partial charge in [-0.05, 0) is 0 Å². The average Bonchev–Trinajstić information content (AvgIpc) is 2.01. The molecule has 60 valence electrons. The number of carbonyl (C=O) groups is 2. The van der Waals surface area contributed by atoms with Crippen LogP contribution in [-0.4, -0.2) is 25.4 Å². The van der Waals surface area contributed by atoms with Crippen LogP contribution in [0.4, 0.5) is 0 Å². The first-order valence-electron chi connectivity index (χ1n) is 3.05. The zero-order chi connectivity index (χ0) is 8.69. The Kier molecular flexibility index (Phi) is 4.49. The average molecular weight is 155 g/mol. The third kappa shape index (κ3) is 4.90. The Morgan fingerprint density at radius 2 is 2.09 bits per heavy atom. The molecule has 2 N–H and O–H groups in total. The van der Waals surface area contributed by atoms with Crippen molar-refractivity contribution in [3.8, 4) is 6.07 Å². The van der Waals surface area contributed by atoms with Gasteiger partial charge in [0.1, 0.15) is 6.42 Å². The molecule has 0 fully saturated rings. The summed E-state index contributed by atoms with van der Waals surface area (Å²) in [5.74, 6) is -0.715. The van der Waals surface area contributed by atoms with E-state index in [0.717, 1.165) is 0 Å². The van der Waals surface area contributed by atoms with Crippen molar-refractivity contribution in [2.24, 2.45) is 0 Å². The maximum absolute atomic E-state index is 10.5. The van der Waals surface area contributed by atoms with Crippen molar-refractivity contribution in [1.29, 1.82) is 5.26 Å². The van der Waals surface area contributed by atoms with E-state index in [4.69, 9.17) is 5.26 Å². The largest absolute Gasteiger partial charge is 0.358 e. The summed E-state index contributed by atoms with van der Waals surface area (Å²) >= 11 is 0. The number of amides is 2. The number of carbonyl (C=O) groups excluding carboxylic acids is 2. The van der Waals surface area contributed by atoms with Crippen molar-refractivity contribution in [2.45, 2.75) is 6.42 Å². The molecule has 0 radical (unpaired) electrons. The molecule has 0 aromatic heterocycles. The fraction of sp³-hybridized carbons (Fsp3) is 0.500. The highest BCUT2D eigenvalue weighted by Gasteiger charge is 2.01. The molecular formula is C6H9N3O2. The first-order chi connectivity index (χ1) is 5.20. The third-order valence-corrected chi connectivity index (χ3v) is 0.965. The fourth-order valence-corrected chi connectivity index (χ4v) is 0.402. The first-order valence-corrected chi connectivity index (χ1v) is 3.05. The summed E-state index contributed by atoms with van der Waals surface area (Å²) in [7, 11) is 1.47. The molecule has 0 aliphatic carbocycles. The number of hydrogen-bond donors (Lipinski definition) is 2. The van der Waals surface area contributed by atoms with E-state index in [1.54, 1.807) is 6.07 Å². The van der Waals surface area contributed by atoms with Crippen molar-refractivity contribution >= 4 is 11.8 Å². The van der Waals surface area contributed by atoms with E-state index < -0.39 is 5.91 Å². The SMILES string of the molecule is CNC(=O)CNC(=O)CC#N. The summed E-state index contributed by atoms with van der Waals surface area (Å²) in [6, 6.07) is 1.67. The summed E-state index contributed by atoms with van der Waals surface area (Å²) in [6.45, 7) is -0.0724. The van der Waals surface area contributed by atoms with Gasteiger partial charge < -0.3 is 10.6 Å². The minimum atomic E-state index is -0.434. The molecule has 0 heterocycles. The quantitative estimate of drug-likeness (QED) is 0.535. The van der Waals surface area contributed by atoms with Crippen molar-refractivity contribution in [3.05, 3.63) is 0 Å². The normalized spacial score (nSPS) is 8.00. The topological polar surface area (TPSA) is 82.0 Å². The number of nitrogens with zero attached hydrogens (tertiary/aromatic N) is 1. The van der Waals surface area contributed by atoms with E-state index >= 15 is 0 Å². The summed E-state index contributed by atoms with van der Waals surface area (Å²) < 4.78 is 0. The number of hydrogen-bond acceptors (Lipinski definition) is 3. The van der Waals surface area contributed by atoms with Crippen LogP contribution in [0.25, 0.3) is 0 Å². The van der Waals surface area contributed by atoms with Gasteiger partial charge in [0.05, 0.1) is 12.6 Å². The maximum Gasteiger partial charge on any atom is 0.239 e. The number of nitriles is 1. The minimum Gasteiger partial charge on any atom is -0.358 e. The molecule has 0 aliphatic heterocycles. The molecule has 11 heavy (non-hydrogen) atoms.